The van der Waals surface area contributed by atoms with Crippen LogP contribution < -0.4 is 4.74 Å². The van der Waals surface area contributed by atoms with Crippen LogP contribution in [0.1, 0.15) is 4.88 Å². The van der Waals surface area contributed by atoms with Crippen LogP contribution >= 0.6 is 22.9 Å². The molecule has 0 saturated carbocycles. The van der Waals surface area contributed by atoms with Gasteiger partial charge in [0.1, 0.15) is 5.75 Å². The molecule has 0 aliphatic carbocycles. The summed E-state index contributed by atoms with van der Waals surface area (Å²) in [5.41, 5.74) is 0. The van der Waals surface area contributed by atoms with Gasteiger partial charge in [-0.2, -0.15) is 5.10 Å². The molecule has 0 fully saturated rings. The summed E-state index contributed by atoms with van der Waals surface area (Å²) in [6.07, 6.45) is 1.64. The molecule has 0 unspecified atom stereocenters. The van der Waals surface area contributed by atoms with Crippen molar-refractivity contribution in [3.8, 4) is 11.5 Å². The maximum absolute atomic E-state index is 6.27. The Bertz CT molecular complexity index is 649. The highest BCUT2D eigenvalue weighted by molar-refractivity contribution is 7.09. The second kappa shape index (κ2) is 5.47. The van der Waals surface area contributed by atoms with Gasteiger partial charge in [-0.3, -0.25) is 0 Å². The fraction of sp³-hybridized carbons (Fsp3) is 0.0714. The van der Waals surface area contributed by atoms with Gasteiger partial charge < -0.3 is 4.74 Å². The van der Waals surface area contributed by atoms with Crippen molar-refractivity contribution in [3.63, 3.8) is 0 Å². The largest absolute Gasteiger partial charge is 0.452 e. The Hall–Kier alpha value is -1.78. The lowest BCUT2D eigenvalue weighted by Crippen LogP contribution is -1.99. The summed E-state index contributed by atoms with van der Waals surface area (Å²) in [4.78, 5) is 1.20. The van der Waals surface area contributed by atoms with E-state index < -0.39 is 0 Å². The van der Waals surface area contributed by atoms with Gasteiger partial charge in [0.25, 0.3) is 0 Å². The molecule has 0 N–H and O–H groups in total. The molecule has 19 heavy (non-hydrogen) atoms. The Morgan fingerprint density at radius 2 is 2.00 bits per heavy atom. The smallest absolute Gasteiger partial charge is 0.184 e. The maximum Gasteiger partial charge on any atom is 0.184 e. The molecule has 3 nitrogen and oxygen atoms in total. The van der Waals surface area contributed by atoms with E-state index in [1.54, 1.807) is 22.2 Å². The van der Waals surface area contributed by atoms with E-state index in [4.69, 9.17) is 16.3 Å². The van der Waals surface area contributed by atoms with E-state index in [1.807, 2.05) is 41.8 Å². The summed E-state index contributed by atoms with van der Waals surface area (Å²) in [6.45, 7) is 0.661. The highest BCUT2D eigenvalue weighted by Crippen LogP contribution is 2.29. The van der Waals surface area contributed by atoms with Crippen LogP contribution in [0.2, 0.25) is 5.15 Å². The Kier molecular flexibility index (Phi) is 3.53. The molecule has 3 rings (SSSR count). The molecule has 0 atom stereocenters. The average molecular weight is 291 g/mol. The molecule has 0 saturated heterocycles. The number of benzene rings is 1. The maximum atomic E-state index is 6.27. The second-order valence-electron chi connectivity index (χ2n) is 3.95. The van der Waals surface area contributed by atoms with E-state index in [1.165, 1.54) is 4.88 Å². The predicted molar refractivity (Wildman–Crippen MR) is 77.2 cm³/mol. The van der Waals surface area contributed by atoms with E-state index in [0.717, 1.165) is 5.75 Å². The number of nitrogens with zero attached hydrogens (tertiary/aromatic N) is 2. The normalized spacial score (nSPS) is 10.6. The monoisotopic (exact) mass is 290 g/mol. The van der Waals surface area contributed by atoms with Gasteiger partial charge >= 0.3 is 0 Å². The first-order chi connectivity index (χ1) is 9.33. The zero-order valence-electron chi connectivity index (χ0n) is 9.99. The molecule has 0 bridgehead atoms. The van der Waals surface area contributed by atoms with Crippen molar-refractivity contribution in [1.82, 2.24) is 9.78 Å². The zero-order chi connectivity index (χ0) is 13.1. The van der Waals surface area contributed by atoms with Gasteiger partial charge in [0, 0.05) is 4.88 Å². The zero-order valence-corrected chi connectivity index (χ0v) is 11.6. The Morgan fingerprint density at radius 3 is 2.74 bits per heavy atom. The lowest BCUT2D eigenvalue weighted by atomic mass is 10.3. The van der Waals surface area contributed by atoms with Gasteiger partial charge in [0.15, 0.2) is 10.9 Å². The van der Waals surface area contributed by atoms with Crippen molar-refractivity contribution in [2.75, 3.05) is 0 Å². The number of aromatic nitrogens is 2. The van der Waals surface area contributed by atoms with Gasteiger partial charge in [0.05, 0.1) is 12.7 Å². The first-order valence-electron chi connectivity index (χ1n) is 5.79. The minimum atomic E-state index is 0.511. The van der Waals surface area contributed by atoms with Gasteiger partial charge in [-0.1, -0.05) is 35.9 Å². The highest BCUT2D eigenvalue weighted by Gasteiger charge is 2.11. The highest BCUT2D eigenvalue weighted by atomic mass is 35.5. The molecule has 1 aromatic carbocycles. The van der Waals surface area contributed by atoms with E-state index >= 15 is 0 Å². The van der Waals surface area contributed by atoms with Gasteiger partial charge in [0.2, 0.25) is 0 Å². The van der Waals surface area contributed by atoms with Gasteiger partial charge in [-0.05, 0) is 23.6 Å². The van der Waals surface area contributed by atoms with Crippen LogP contribution in [-0.2, 0) is 6.54 Å². The summed E-state index contributed by atoms with van der Waals surface area (Å²) in [5, 5.41) is 6.80. The van der Waals surface area contributed by atoms with Crippen LogP contribution in [0.3, 0.4) is 0 Å². The molecule has 0 amide bonds. The van der Waals surface area contributed by atoms with Crippen molar-refractivity contribution in [3.05, 3.63) is 64.1 Å². The van der Waals surface area contributed by atoms with Crippen molar-refractivity contribution >= 4 is 22.9 Å². The molecule has 0 spiro atoms. The van der Waals surface area contributed by atoms with Crippen LogP contribution in [0.4, 0.5) is 0 Å². The SMILES string of the molecule is Clc1c(Oc2ccccc2)cnn1Cc1cccs1. The van der Waals surface area contributed by atoms with Gasteiger partial charge in [-0.25, -0.2) is 4.68 Å². The lowest BCUT2D eigenvalue weighted by molar-refractivity contribution is 0.482. The molecule has 0 aliphatic heterocycles. The third kappa shape index (κ3) is 2.80. The van der Waals surface area contributed by atoms with E-state index in [0.29, 0.717) is 17.4 Å². The minimum Gasteiger partial charge on any atom is -0.452 e. The predicted octanol–water partition coefficient (Wildman–Crippen LogP) is 4.44. The summed E-state index contributed by atoms with van der Waals surface area (Å²) in [5.74, 6) is 1.32. The standard InChI is InChI=1S/C14H11ClN2OS/c15-14-13(18-11-5-2-1-3-6-11)9-16-17(14)10-12-7-4-8-19-12/h1-9H,10H2. The van der Waals surface area contributed by atoms with Crippen molar-refractivity contribution < 1.29 is 4.74 Å². The number of thiophene rings is 1. The summed E-state index contributed by atoms with van der Waals surface area (Å²) in [7, 11) is 0. The quantitative estimate of drug-likeness (QED) is 0.710. The number of para-hydroxylation sites is 1. The minimum absolute atomic E-state index is 0.511. The molecule has 0 aliphatic rings. The van der Waals surface area contributed by atoms with Crippen molar-refractivity contribution in [1.29, 1.82) is 0 Å². The topological polar surface area (TPSA) is 27.1 Å². The number of hydrogen-bond acceptors (Lipinski definition) is 3. The summed E-state index contributed by atoms with van der Waals surface area (Å²) in [6, 6.07) is 13.6. The molecule has 2 heterocycles. The number of rotatable bonds is 4. The summed E-state index contributed by atoms with van der Waals surface area (Å²) < 4.78 is 7.42. The van der Waals surface area contributed by atoms with Crippen LogP contribution in [0.15, 0.2) is 54.0 Å². The summed E-state index contributed by atoms with van der Waals surface area (Å²) >= 11 is 7.95. The van der Waals surface area contributed by atoms with Crippen LogP contribution in [0.5, 0.6) is 11.5 Å². The average Bonchev–Trinajstić information content (AvgIpc) is 3.05. The van der Waals surface area contributed by atoms with E-state index in [-0.39, 0.29) is 0 Å². The van der Waals surface area contributed by atoms with Gasteiger partial charge in [-0.15, -0.1) is 11.3 Å². The van der Waals surface area contributed by atoms with E-state index in [9.17, 15) is 0 Å². The molecule has 3 aromatic rings. The molecule has 0 radical (unpaired) electrons. The van der Waals surface area contributed by atoms with Crippen LogP contribution in [0.25, 0.3) is 0 Å². The molecule has 96 valence electrons. The third-order valence-electron chi connectivity index (χ3n) is 2.60. The number of ether oxygens (including phenoxy) is 1. The Morgan fingerprint density at radius 1 is 1.16 bits per heavy atom. The Labute approximate surface area is 120 Å². The molecule has 2 aromatic heterocycles. The van der Waals surface area contributed by atoms with Crippen molar-refractivity contribution in [2.45, 2.75) is 6.54 Å². The van der Waals surface area contributed by atoms with Crippen LogP contribution in [0, 0.1) is 0 Å². The lowest BCUT2D eigenvalue weighted by Gasteiger charge is -2.04. The Balaban J connectivity index is 1.79. The first kappa shape index (κ1) is 12.3. The second-order valence-corrected chi connectivity index (χ2v) is 5.34. The fourth-order valence-corrected chi connectivity index (χ4v) is 2.57. The first-order valence-corrected chi connectivity index (χ1v) is 7.05. The number of halogens is 1. The molecule has 5 heteroatoms. The third-order valence-corrected chi connectivity index (χ3v) is 3.84. The fourth-order valence-electron chi connectivity index (χ4n) is 1.70. The molecular weight excluding hydrogens is 280 g/mol. The van der Waals surface area contributed by atoms with Crippen molar-refractivity contribution in [2.24, 2.45) is 0 Å². The van der Waals surface area contributed by atoms with Crippen LogP contribution in [-0.4, -0.2) is 9.78 Å². The van der Waals surface area contributed by atoms with E-state index in [2.05, 4.69) is 11.2 Å². The number of hydrogen-bond donors (Lipinski definition) is 0. The molecular formula is C14H11ClN2OS.